The highest BCUT2D eigenvalue weighted by atomic mass is 35.5. The highest BCUT2D eigenvalue weighted by molar-refractivity contribution is 6.32. The van der Waals surface area contributed by atoms with Gasteiger partial charge in [0.2, 0.25) is 24.1 Å². The summed E-state index contributed by atoms with van der Waals surface area (Å²) in [5, 5.41) is 15.5. The lowest BCUT2D eigenvalue weighted by Gasteiger charge is -2.32. The van der Waals surface area contributed by atoms with Crippen LogP contribution in [-0.4, -0.2) is 167 Å². The van der Waals surface area contributed by atoms with Gasteiger partial charge in [0.15, 0.2) is 5.82 Å². The molecule has 28 nitrogen and oxygen atoms in total. The molecule has 614 valence electrons. The Balaban J connectivity index is 0.000000240. The number of rotatable bonds is 33. The van der Waals surface area contributed by atoms with Crippen molar-refractivity contribution >= 4 is 133 Å². The number of alkyl carbamates (subject to hydrolysis) is 1. The summed E-state index contributed by atoms with van der Waals surface area (Å²) in [5.41, 5.74) is 15.0. The summed E-state index contributed by atoms with van der Waals surface area (Å²) in [4.78, 5) is 118. The average molecular weight is 1660 g/mol. The number of hydrazine groups is 3. The number of esters is 1. The maximum Gasteiger partial charge on any atom is 0.412 e. The van der Waals surface area contributed by atoms with Gasteiger partial charge < -0.3 is 30.0 Å². The molecule has 115 heavy (non-hydrogen) atoms. The lowest BCUT2D eigenvalue weighted by atomic mass is 10.1. The minimum atomic E-state index is -0.891. The number of hydrogen-bond donors (Lipinski definition) is 7. The molecule has 0 spiro atoms. The Morgan fingerprint density at radius 3 is 1.35 bits per heavy atom. The Morgan fingerprint density at radius 1 is 0.513 bits per heavy atom. The first kappa shape index (κ1) is 91.1. The first-order chi connectivity index (χ1) is 54.7. The topological polar surface area (TPSA) is 336 Å². The van der Waals surface area contributed by atoms with Gasteiger partial charge in [0.25, 0.3) is 0 Å². The van der Waals surface area contributed by atoms with Gasteiger partial charge in [0.1, 0.15) is 65.4 Å². The SMILES string of the molecule is CC(=O)N(NCc1cccc(F)c1Cl)[C@@H](CCCCOC(=O)CN(C)C)COC(=O)Nc1cc2cc(F)ccc2cn1.CC(=O)N(NCc1cccc(F)c1Cl)[C@@H](CN)COC(=O)Nc1cc2cc(F)ccc2cn1.CC(=O)N(NCc1cccc(F)c1Cl)[C@@H](CNC(=O)OC(C)(C)C)CON(C=O)c1cc2cc(F)ccc2cn1. The molecule has 3 aromatic heterocycles. The van der Waals surface area contributed by atoms with Gasteiger partial charge in [-0.15, -0.1) is 0 Å². The number of nitrogens with two attached hydrogens (primary N) is 1. The fraction of sp³-hybridized carbons (Fsp3) is 0.321. The van der Waals surface area contributed by atoms with E-state index in [-0.39, 0.29) is 116 Å². The molecule has 9 aromatic rings. The number of unbranched alkanes of at least 4 members (excludes halogenated alkanes) is 1. The largest absolute Gasteiger partial charge is 0.465 e. The van der Waals surface area contributed by atoms with Crippen LogP contribution >= 0.6 is 34.8 Å². The predicted octanol–water partition coefficient (Wildman–Crippen LogP) is 13.0. The van der Waals surface area contributed by atoms with Crippen LogP contribution in [-0.2, 0) is 67.4 Å². The second-order valence-electron chi connectivity index (χ2n) is 26.7. The van der Waals surface area contributed by atoms with E-state index in [0.29, 0.717) is 74.7 Å². The molecule has 3 atom stereocenters. The Kier molecular flexibility index (Phi) is 35.3. The summed E-state index contributed by atoms with van der Waals surface area (Å²) in [6, 6.07) is 27.8. The molecule has 0 unspecified atom stereocenters. The number of pyridine rings is 3. The van der Waals surface area contributed by atoms with E-state index in [4.69, 9.17) is 64.3 Å². The number of halogens is 9. The van der Waals surface area contributed by atoms with E-state index in [1.807, 2.05) is 0 Å². The van der Waals surface area contributed by atoms with Crippen molar-refractivity contribution in [3.63, 3.8) is 0 Å². The number of carbonyl (C=O) groups is 8. The number of amides is 7. The van der Waals surface area contributed by atoms with Gasteiger partial charge in [0, 0.05) is 88.2 Å². The normalized spacial score (nSPS) is 11.9. The van der Waals surface area contributed by atoms with E-state index in [9.17, 15) is 64.7 Å². The second kappa shape index (κ2) is 44.5. The van der Waals surface area contributed by atoms with Crippen LogP contribution in [0.5, 0.6) is 0 Å². The zero-order chi connectivity index (χ0) is 84.1. The predicted molar refractivity (Wildman–Crippen MR) is 420 cm³/mol. The van der Waals surface area contributed by atoms with E-state index in [0.717, 1.165) is 5.06 Å². The van der Waals surface area contributed by atoms with Crippen LogP contribution in [0.4, 0.5) is 58.2 Å². The molecule has 0 fully saturated rings. The zero-order valence-electron chi connectivity index (χ0n) is 63.7. The van der Waals surface area contributed by atoms with Gasteiger partial charge in [-0.1, -0.05) is 71.2 Å². The van der Waals surface area contributed by atoms with Crippen molar-refractivity contribution < 1.29 is 88.5 Å². The summed E-state index contributed by atoms with van der Waals surface area (Å²) in [6.45, 7) is 8.53. The Morgan fingerprint density at radius 2 is 0.930 bits per heavy atom. The van der Waals surface area contributed by atoms with Crippen molar-refractivity contribution in [3.8, 4) is 0 Å². The monoisotopic (exact) mass is 1660 g/mol. The van der Waals surface area contributed by atoms with Crippen molar-refractivity contribution in [1.82, 2.24) is 56.5 Å². The summed E-state index contributed by atoms with van der Waals surface area (Å²) in [6.07, 6.45) is 3.86. The quantitative estimate of drug-likeness (QED) is 0.00502. The van der Waals surface area contributed by atoms with Crippen LogP contribution in [0.2, 0.25) is 15.1 Å². The summed E-state index contributed by atoms with van der Waals surface area (Å²) in [5.74, 6) is -4.25. The van der Waals surface area contributed by atoms with Gasteiger partial charge in [-0.05, 0) is 178 Å². The Hall–Kier alpha value is -11.1. The number of nitrogens with zero attached hydrogens (tertiary/aromatic N) is 8. The molecule has 0 aliphatic carbocycles. The number of fused-ring (bicyclic) bond motifs is 3. The van der Waals surface area contributed by atoms with Gasteiger partial charge in [0.05, 0.1) is 53.0 Å². The molecule has 37 heteroatoms. The molecule has 0 aliphatic heterocycles. The fourth-order valence-electron chi connectivity index (χ4n) is 10.8. The smallest absolute Gasteiger partial charge is 0.412 e. The lowest BCUT2D eigenvalue weighted by Crippen LogP contribution is -2.55. The zero-order valence-corrected chi connectivity index (χ0v) is 66.0. The minimum absolute atomic E-state index is 0.0236. The molecular weight excluding hydrogens is 1580 g/mol. The molecule has 0 aliphatic rings. The highest BCUT2D eigenvalue weighted by Crippen LogP contribution is 2.26. The number of ether oxygens (including phenoxy) is 4. The fourth-order valence-corrected chi connectivity index (χ4v) is 11.4. The standard InChI is InChI=1S/C29H34ClF2N5O5.C27H30ClF2N5O5.C22H22ClF2N5O3/c1-19(38)37(34-16-21-7-6-9-25(32)28(21)30)24(8-4-5-12-41-27(39)17-36(2)3)18-42-29(40)35-26-14-22-13-23(31)11-10-20(22)15-33-26;1-17(37)35(33-13-19-6-5-7-23(30)25(19)28)22(14-32-26(38)40-27(2,3)4)15-39-34(16-36)24-11-20-10-21(29)9-8-18(20)12-31-24;1-13(31)30(28-11-15-3-2-4-19(25)21(15)23)18(9-26)12-33-22(32)29-20-8-16-7-17(24)6-5-14(16)10-27-20/h6-7,9-11,13-15,24,34H,4-5,8,12,16-18H2,1-3H3,(H,33,35,40);5-12,16,22,33H,13-15H2,1-4H3,(H,32,38);2-8,10,18,28H,9,11-12,26H2,1H3,(H,27,29,32)/t24-;22-;18-/m000/s1. The molecule has 0 radical (unpaired) electrons. The van der Waals surface area contributed by atoms with Crippen molar-refractivity contribution in [3.05, 3.63) is 213 Å². The van der Waals surface area contributed by atoms with Crippen LogP contribution in [0, 0.1) is 34.9 Å². The van der Waals surface area contributed by atoms with Crippen molar-refractivity contribution in [1.29, 1.82) is 0 Å². The number of nitrogens with one attached hydrogen (secondary N) is 6. The third kappa shape index (κ3) is 29.4. The van der Waals surface area contributed by atoms with E-state index >= 15 is 0 Å². The Labute approximate surface area is 673 Å². The van der Waals surface area contributed by atoms with E-state index in [2.05, 4.69) is 47.2 Å². The maximum atomic E-state index is 13.9. The summed E-state index contributed by atoms with van der Waals surface area (Å²) in [7, 11) is 3.52. The molecule has 8 N–H and O–H groups in total. The molecule has 0 bridgehead atoms. The molecule has 9 rings (SSSR count). The van der Waals surface area contributed by atoms with Crippen LogP contribution < -0.4 is 43.0 Å². The van der Waals surface area contributed by atoms with Crippen LogP contribution in [0.3, 0.4) is 0 Å². The van der Waals surface area contributed by atoms with Crippen LogP contribution in [0.25, 0.3) is 32.3 Å². The Bertz CT molecular complexity index is 4870. The van der Waals surface area contributed by atoms with Gasteiger partial charge in [-0.25, -0.2) is 72.0 Å². The first-order valence-corrected chi connectivity index (χ1v) is 36.6. The summed E-state index contributed by atoms with van der Waals surface area (Å²) < 4.78 is 103. The van der Waals surface area contributed by atoms with Crippen molar-refractivity contribution in [2.75, 3.05) is 75.9 Å². The lowest BCUT2D eigenvalue weighted by molar-refractivity contribution is -0.144. The molecule has 3 heterocycles. The number of hydrogen-bond acceptors (Lipinski definition) is 21. The number of hydroxylamine groups is 1. The van der Waals surface area contributed by atoms with E-state index < -0.39 is 82.8 Å². The van der Waals surface area contributed by atoms with E-state index in [1.165, 1.54) is 145 Å². The second-order valence-corrected chi connectivity index (χ2v) is 27.8. The van der Waals surface area contributed by atoms with Crippen LogP contribution in [0.15, 0.2) is 146 Å². The third-order valence-electron chi connectivity index (χ3n) is 16.4. The molecule has 7 amide bonds. The third-order valence-corrected chi connectivity index (χ3v) is 17.6. The number of likely N-dealkylation sites (N-methyl/N-ethyl adjacent to an activating group) is 1. The first-order valence-electron chi connectivity index (χ1n) is 35.5. The average Bonchev–Trinajstić information content (AvgIpc) is 0.834. The molecule has 0 saturated heterocycles. The van der Waals surface area contributed by atoms with Gasteiger partial charge >= 0.3 is 24.2 Å². The maximum absolute atomic E-state index is 13.9. The molecule has 0 saturated carbocycles. The molecular formula is C78H86Cl3F6N15O13. The van der Waals surface area contributed by atoms with Gasteiger partial charge in [-0.2, -0.15) is 5.06 Å². The summed E-state index contributed by atoms with van der Waals surface area (Å²) >= 11 is 18.1. The highest BCUT2D eigenvalue weighted by Gasteiger charge is 2.29. The van der Waals surface area contributed by atoms with Crippen molar-refractivity contribution in [2.24, 2.45) is 5.73 Å². The van der Waals surface area contributed by atoms with Crippen LogP contribution in [0.1, 0.15) is 77.5 Å². The van der Waals surface area contributed by atoms with Gasteiger partial charge in [-0.3, -0.25) is 59.4 Å². The number of benzene rings is 6. The minimum Gasteiger partial charge on any atom is -0.465 e. The van der Waals surface area contributed by atoms with Crippen molar-refractivity contribution in [2.45, 2.75) is 104 Å². The van der Waals surface area contributed by atoms with E-state index in [1.54, 1.807) is 76.2 Å². The number of anilines is 3. The number of aromatic nitrogens is 3. The molecule has 6 aromatic carbocycles. The number of carbonyl (C=O) groups excluding carboxylic acids is 8.